The van der Waals surface area contributed by atoms with Crippen molar-refractivity contribution in [1.82, 2.24) is 0 Å². The molecule has 1 N–H and O–H groups in total. The first kappa shape index (κ1) is 15.9. The molecule has 21 heavy (non-hydrogen) atoms. The predicted molar refractivity (Wildman–Crippen MR) is 79.9 cm³/mol. The van der Waals surface area contributed by atoms with Gasteiger partial charge < -0.3 is 5.11 Å². The molecule has 0 spiro atoms. The number of carboxylic acids is 1. The summed E-state index contributed by atoms with van der Waals surface area (Å²) in [6, 6.07) is 8.47. The zero-order valence-electron chi connectivity index (χ0n) is 10.5. The van der Waals surface area contributed by atoms with Gasteiger partial charge in [0.25, 0.3) is 0 Å². The molecule has 7 heteroatoms. The molecule has 0 saturated heterocycles. The first-order valence-electron chi connectivity index (χ1n) is 5.74. The molecule has 1 atom stereocenters. The minimum Gasteiger partial charge on any atom is -0.478 e. The quantitative estimate of drug-likeness (QED) is 0.904. The van der Waals surface area contributed by atoms with Crippen LogP contribution in [0.3, 0.4) is 0 Å². The summed E-state index contributed by atoms with van der Waals surface area (Å²) in [6.07, 6.45) is 0. The second kappa shape index (κ2) is 6.56. The van der Waals surface area contributed by atoms with Crippen molar-refractivity contribution in [2.45, 2.75) is 10.6 Å². The van der Waals surface area contributed by atoms with Gasteiger partial charge in [0.1, 0.15) is 5.82 Å². The van der Waals surface area contributed by atoms with Crippen LogP contribution in [0.1, 0.15) is 15.9 Å². The molecule has 0 bridgehead atoms. The molecule has 0 saturated carbocycles. The van der Waals surface area contributed by atoms with Crippen molar-refractivity contribution < 1.29 is 18.5 Å². The van der Waals surface area contributed by atoms with Gasteiger partial charge in [-0.1, -0.05) is 35.3 Å². The lowest BCUT2D eigenvalue weighted by molar-refractivity contribution is 0.0697. The largest absolute Gasteiger partial charge is 0.478 e. The van der Waals surface area contributed by atoms with Gasteiger partial charge in [0.05, 0.1) is 32.2 Å². The van der Waals surface area contributed by atoms with Crippen LogP contribution in [0.2, 0.25) is 10.0 Å². The highest BCUT2D eigenvalue weighted by molar-refractivity contribution is 7.84. The van der Waals surface area contributed by atoms with Crippen LogP contribution in [0.5, 0.6) is 0 Å². The van der Waals surface area contributed by atoms with Crippen LogP contribution in [0.25, 0.3) is 0 Å². The van der Waals surface area contributed by atoms with E-state index in [9.17, 15) is 13.4 Å². The Kier molecular flexibility index (Phi) is 4.98. The second-order valence-corrected chi connectivity index (χ2v) is 6.42. The van der Waals surface area contributed by atoms with Gasteiger partial charge in [-0.3, -0.25) is 4.21 Å². The molecule has 0 radical (unpaired) electrons. The smallest absolute Gasteiger partial charge is 0.337 e. The molecule has 0 aliphatic carbocycles. The maximum atomic E-state index is 13.8. The fourth-order valence-corrected chi connectivity index (χ4v) is 3.23. The topological polar surface area (TPSA) is 54.4 Å². The Morgan fingerprint density at radius 2 is 1.90 bits per heavy atom. The summed E-state index contributed by atoms with van der Waals surface area (Å²) in [6.45, 7) is 0. The molecule has 0 aliphatic rings. The molecule has 1 unspecified atom stereocenters. The highest BCUT2D eigenvalue weighted by Gasteiger charge is 2.15. The number of aromatic carboxylic acids is 1. The Morgan fingerprint density at radius 3 is 2.57 bits per heavy atom. The maximum absolute atomic E-state index is 13.8. The molecule has 0 heterocycles. The molecule has 2 aromatic carbocycles. The second-order valence-electron chi connectivity index (χ2n) is 4.15. The number of benzene rings is 2. The number of hydrogen-bond acceptors (Lipinski definition) is 2. The third-order valence-corrected chi connectivity index (χ3v) is 4.72. The first-order valence-corrected chi connectivity index (χ1v) is 7.81. The highest BCUT2D eigenvalue weighted by Crippen LogP contribution is 2.23. The number of carboxylic acid groups (broad SMARTS) is 1. The zero-order chi connectivity index (χ0) is 15.6. The normalized spacial score (nSPS) is 12.1. The van der Waals surface area contributed by atoms with Gasteiger partial charge in [0, 0.05) is 10.5 Å². The van der Waals surface area contributed by atoms with Crippen LogP contribution in [0, 0.1) is 5.82 Å². The van der Waals surface area contributed by atoms with Gasteiger partial charge in [-0.05, 0) is 24.3 Å². The molecule has 0 amide bonds. The number of rotatable bonds is 4. The predicted octanol–water partition coefficient (Wildman–Crippen LogP) is 4.14. The van der Waals surface area contributed by atoms with E-state index in [1.54, 1.807) is 6.07 Å². The van der Waals surface area contributed by atoms with E-state index in [4.69, 9.17) is 28.3 Å². The molecular weight excluding hydrogens is 338 g/mol. The average molecular weight is 347 g/mol. The van der Waals surface area contributed by atoms with Gasteiger partial charge in [0.15, 0.2) is 0 Å². The Labute approximate surface area is 132 Å². The molecular formula is C14H9Cl2FO3S. The van der Waals surface area contributed by atoms with E-state index < -0.39 is 22.6 Å². The van der Waals surface area contributed by atoms with E-state index in [1.807, 2.05) is 0 Å². The minimum absolute atomic E-state index is 0.0492. The lowest BCUT2D eigenvalue weighted by atomic mass is 10.2. The van der Waals surface area contributed by atoms with E-state index in [1.165, 1.54) is 30.3 Å². The van der Waals surface area contributed by atoms with Crippen molar-refractivity contribution in [3.63, 3.8) is 0 Å². The van der Waals surface area contributed by atoms with Gasteiger partial charge in [-0.15, -0.1) is 0 Å². The Hall–Kier alpha value is -1.43. The standard InChI is InChI=1S/C14H9Cl2FO3S/c15-11-5-4-9(6-10(11)14(18)19)21(20)7-8-2-1-3-12(16)13(8)17/h1-6H,7H2,(H,18,19). The van der Waals surface area contributed by atoms with Crippen molar-refractivity contribution in [2.24, 2.45) is 0 Å². The maximum Gasteiger partial charge on any atom is 0.337 e. The summed E-state index contributed by atoms with van der Waals surface area (Å²) in [4.78, 5) is 11.3. The first-order chi connectivity index (χ1) is 9.90. The summed E-state index contributed by atoms with van der Waals surface area (Å²) in [5.74, 6) is -1.94. The fourth-order valence-electron chi connectivity index (χ4n) is 1.69. The number of halogens is 3. The van der Waals surface area contributed by atoms with Gasteiger partial charge in [-0.2, -0.15) is 0 Å². The third kappa shape index (κ3) is 3.61. The Balaban J connectivity index is 2.31. The van der Waals surface area contributed by atoms with Gasteiger partial charge in [0.2, 0.25) is 0 Å². The van der Waals surface area contributed by atoms with E-state index in [0.717, 1.165) is 0 Å². The van der Waals surface area contributed by atoms with Crippen LogP contribution >= 0.6 is 23.2 Å². The summed E-state index contributed by atoms with van der Waals surface area (Å²) < 4.78 is 26.0. The van der Waals surface area contributed by atoms with Crippen molar-refractivity contribution >= 4 is 40.0 Å². The number of carbonyl (C=O) groups is 1. The zero-order valence-corrected chi connectivity index (χ0v) is 12.8. The highest BCUT2D eigenvalue weighted by atomic mass is 35.5. The summed E-state index contributed by atoms with van der Waals surface area (Å²) >= 11 is 11.4. The van der Waals surface area contributed by atoms with Crippen LogP contribution < -0.4 is 0 Å². The van der Waals surface area contributed by atoms with Crippen LogP contribution in [0.4, 0.5) is 4.39 Å². The Bertz CT molecular complexity index is 734. The average Bonchev–Trinajstić information content (AvgIpc) is 2.44. The van der Waals surface area contributed by atoms with Gasteiger partial charge >= 0.3 is 5.97 Å². The monoisotopic (exact) mass is 346 g/mol. The van der Waals surface area contributed by atoms with Crippen LogP contribution in [-0.2, 0) is 16.6 Å². The van der Waals surface area contributed by atoms with Crippen molar-refractivity contribution in [3.05, 3.63) is 63.4 Å². The van der Waals surface area contributed by atoms with Crippen molar-refractivity contribution in [2.75, 3.05) is 0 Å². The van der Waals surface area contributed by atoms with Crippen LogP contribution in [-0.4, -0.2) is 15.3 Å². The summed E-state index contributed by atoms with van der Waals surface area (Å²) in [5.41, 5.74) is 0.0572. The lowest BCUT2D eigenvalue weighted by Gasteiger charge is -2.07. The molecule has 2 rings (SSSR count). The molecule has 2 aromatic rings. The molecule has 0 fully saturated rings. The summed E-state index contributed by atoms with van der Waals surface area (Å²) in [7, 11) is -1.61. The number of hydrogen-bond donors (Lipinski definition) is 1. The van der Waals surface area contributed by atoms with Crippen molar-refractivity contribution in [1.29, 1.82) is 0 Å². The summed E-state index contributed by atoms with van der Waals surface area (Å²) in [5, 5.41) is 8.98. The Morgan fingerprint density at radius 1 is 1.19 bits per heavy atom. The van der Waals surface area contributed by atoms with E-state index >= 15 is 0 Å². The fraction of sp³-hybridized carbons (Fsp3) is 0.0714. The van der Waals surface area contributed by atoms with Gasteiger partial charge in [-0.25, -0.2) is 9.18 Å². The molecule has 3 nitrogen and oxygen atoms in total. The van der Waals surface area contributed by atoms with Crippen LogP contribution in [0.15, 0.2) is 41.3 Å². The molecule has 110 valence electrons. The minimum atomic E-state index is -1.61. The van der Waals surface area contributed by atoms with Crippen molar-refractivity contribution in [3.8, 4) is 0 Å². The molecule has 0 aliphatic heterocycles. The SMILES string of the molecule is O=C(O)c1cc(S(=O)Cc2cccc(Cl)c2F)ccc1Cl. The third-order valence-electron chi connectivity index (χ3n) is 2.75. The van der Waals surface area contributed by atoms with E-state index in [-0.39, 0.29) is 31.8 Å². The van der Waals surface area contributed by atoms with E-state index in [2.05, 4.69) is 0 Å². The van der Waals surface area contributed by atoms with E-state index in [0.29, 0.717) is 0 Å². The lowest BCUT2D eigenvalue weighted by Crippen LogP contribution is -2.03. The molecule has 0 aromatic heterocycles.